The van der Waals surface area contributed by atoms with Crippen LogP contribution < -0.4 is 5.32 Å². The van der Waals surface area contributed by atoms with E-state index >= 15 is 0 Å². The first-order valence-electron chi connectivity index (χ1n) is 14.5. The van der Waals surface area contributed by atoms with Crippen molar-refractivity contribution in [2.75, 3.05) is 33.4 Å². The standard InChI is InChI=1S/C31H39N3O8/c1-19(2)33-15-9-5-8-12-23(36)32-21(18-40-3)26(20-10-6-4-7-11-20)41-30(39)24-22-13-14-31(42-22)25(24)28(37)34(16-17-35)27(31)29(33)38/h4-7,9-11,13-14,19,21-22,24-27,35H,8,12,15-18H2,1-3H3,(H,32,36)/b9-5-/t21-,22+,24-,25-,26-,27+,31-/m0/s1. The van der Waals surface area contributed by atoms with Crippen LogP contribution in [0.15, 0.2) is 54.6 Å². The second kappa shape index (κ2) is 12.4. The Labute approximate surface area is 245 Å². The van der Waals surface area contributed by atoms with Crippen LogP contribution in [0.5, 0.6) is 0 Å². The summed E-state index contributed by atoms with van der Waals surface area (Å²) in [7, 11) is 1.50. The Morgan fingerprint density at radius 3 is 2.57 bits per heavy atom. The molecule has 5 rings (SSSR count). The van der Waals surface area contributed by atoms with Gasteiger partial charge < -0.3 is 34.4 Å². The lowest BCUT2D eigenvalue weighted by Crippen LogP contribution is -2.57. The van der Waals surface area contributed by atoms with Gasteiger partial charge in [0.1, 0.15) is 23.7 Å². The number of rotatable bonds is 6. The minimum Gasteiger partial charge on any atom is -0.455 e. The van der Waals surface area contributed by atoms with E-state index < -0.39 is 53.6 Å². The maximum absolute atomic E-state index is 14.2. The first-order valence-corrected chi connectivity index (χ1v) is 14.5. The van der Waals surface area contributed by atoms with Gasteiger partial charge in [0.15, 0.2) is 0 Å². The van der Waals surface area contributed by atoms with Crippen molar-refractivity contribution in [2.24, 2.45) is 11.8 Å². The summed E-state index contributed by atoms with van der Waals surface area (Å²) >= 11 is 0. The maximum Gasteiger partial charge on any atom is 0.313 e. The molecule has 226 valence electrons. The van der Waals surface area contributed by atoms with Gasteiger partial charge in [-0.1, -0.05) is 54.6 Å². The molecule has 1 spiro atoms. The Hall–Kier alpha value is -3.54. The second-order valence-electron chi connectivity index (χ2n) is 11.4. The van der Waals surface area contributed by atoms with Crippen molar-refractivity contribution in [3.63, 3.8) is 0 Å². The van der Waals surface area contributed by atoms with Gasteiger partial charge in [0, 0.05) is 32.7 Å². The number of hydrogen-bond acceptors (Lipinski definition) is 8. The average Bonchev–Trinajstić information content (AvgIpc) is 3.60. The quantitative estimate of drug-likeness (QED) is 0.377. The van der Waals surface area contributed by atoms with Crippen LogP contribution in [0.2, 0.25) is 0 Å². The van der Waals surface area contributed by atoms with Crippen molar-refractivity contribution in [2.45, 2.75) is 62.6 Å². The van der Waals surface area contributed by atoms with Crippen molar-refractivity contribution >= 4 is 23.7 Å². The number of carbonyl (C=O) groups is 4. The summed E-state index contributed by atoms with van der Waals surface area (Å²) in [5.74, 6) is -3.70. The monoisotopic (exact) mass is 581 g/mol. The number of esters is 1. The fraction of sp³-hybridized carbons (Fsp3) is 0.548. The van der Waals surface area contributed by atoms with Crippen molar-refractivity contribution in [1.29, 1.82) is 0 Å². The third kappa shape index (κ3) is 5.25. The third-order valence-electron chi connectivity index (χ3n) is 8.56. The Kier molecular flexibility index (Phi) is 8.81. The van der Waals surface area contributed by atoms with E-state index in [0.717, 1.165) is 0 Å². The molecule has 0 aromatic heterocycles. The molecule has 2 N–H and O–H groups in total. The molecule has 0 aliphatic carbocycles. The van der Waals surface area contributed by atoms with Crippen LogP contribution in [0.1, 0.15) is 38.4 Å². The molecule has 4 aliphatic rings. The number of carbonyl (C=O) groups excluding carboxylic acids is 4. The number of fused-ring (bicyclic) bond motifs is 2. The largest absolute Gasteiger partial charge is 0.455 e. The number of aliphatic hydroxyl groups excluding tert-OH is 1. The number of hydrogen-bond donors (Lipinski definition) is 2. The lowest BCUT2D eigenvalue weighted by Gasteiger charge is -2.37. The predicted molar refractivity (Wildman–Crippen MR) is 151 cm³/mol. The van der Waals surface area contributed by atoms with Crippen molar-refractivity contribution in [1.82, 2.24) is 15.1 Å². The van der Waals surface area contributed by atoms with Gasteiger partial charge >= 0.3 is 5.97 Å². The van der Waals surface area contributed by atoms with E-state index in [2.05, 4.69) is 5.32 Å². The van der Waals surface area contributed by atoms with E-state index in [0.29, 0.717) is 12.0 Å². The molecule has 11 heteroatoms. The van der Waals surface area contributed by atoms with Crippen LogP contribution in [0.4, 0.5) is 0 Å². The molecule has 2 saturated heterocycles. The lowest BCUT2D eigenvalue weighted by atomic mass is 9.74. The van der Waals surface area contributed by atoms with Crippen molar-refractivity contribution in [3.8, 4) is 0 Å². The van der Waals surface area contributed by atoms with E-state index in [1.165, 1.54) is 12.0 Å². The van der Waals surface area contributed by atoms with Gasteiger partial charge in [0.25, 0.3) is 0 Å². The number of aliphatic hydroxyl groups is 1. The minimum absolute atomic E-state index is 0.0759. The molecule has 4 heterocycles. The van der Waals surface area contributed by atoms with Gasteiger partial charge in [0.05, 0.1) is 31.3 Å². The van der Waals surface area contributed by atoms with E-state index in [-0.39, 0.29) is 50.6 Å². The van der Waals surface area contributed by atoms with Crippen LogP contribution >= 0.6 is 0 Å². The van der Waals surface area contributed by atoms with E-state index in [1.807, 2.05) is 44.2 Å². The molecule has 1 aromatic rings. The highest BCUT2D eigenvalue weighted by Gasteiger charge is 2.73. The van der Waals surface area contributed by atoms with Gasteiger partial charge in [-0.3, -0.25) is 19.2 Å². The number of methoxy groups -OCH3 is 1. The maximum atomic E-state index is 14.2. The van der Waals surface area contributed by atoms with E-state index in [9.17, 15) is 24.3 Å². The van der Waals surface area contributed by atoms with E-state index in [4.69, 9.17) is 14.2 Å². The molecule has 0 saturated carbocycles. The summed E-state index contributed by atoms with van der Waals surface area (Å²) in [5.41, 5.74) is -0.717. The van der Waals surface area contributed by atoms with E-state index in [1.54, 1.807) is 29.2 Å². The van der Waals surface area contributed by atoms with Gasteiger partial charge in [0.2, 0.25) is 17.7 Å². The van der Waals surface area contributed by atoms with Crippen LogP contribution in [-0.2, 0) is 33.4 Å². The number of benzene rings is 1. The zero-order valence-corrected chi connectivity index (χ0v) is 24.2. The fourth-order valence-electron chi connectivity index (χ4n) is 6.69. The smallest absolute Gasteiger partial charge is 0.313 e. The van der Waals surface area contributed by atoms with Crippen LogP contribution in [0, 0.1) is 11.8 Å². The number of ether oxygens (including phenoxy) is 3. The summed E-state index contributed by atoms with van der Waals surface area (Å²) in [6.07, 6.45) is 6.08. The summed E-state index contributed by atoms with van der Waals surface area (Å²) < 4.78 is 18.0. The number of β-amino-alcohol motifs (C(OH)–C–C–N with tert-alkyl or cyclic N) is 1. The summed E-state index contributed by atoms with van der Waals surface area (Å²) in [5, 5.41) is 12.8. The Balaban J connectivity index is 1.59. The molecule has 0 radical (unpaired) electrons. The minimum atomic E-state index is -1.37. The first-order chi connectivity index (χ1) is 20.2. The number of nitrogens with one attached hydrogen (secondary N) is 1. The SMILES string of the molecule is COC[C@@H]1NC(=O)CC/C=C\CN(C(C)C)C(=O)[C@H]2N(CCO)C(=O)[C@@H]3[C@@H](C(=O)O[C@H]1c1ccccc1)[C@H]1C=C[C@]32O1. The Bertz CT molecular complexity index is 1250. The van der Waals surface area contributed by atoms with Gasteiger partial charge in [-0.25, -0.2) is 0 Å². The molecule has 0 unspecified atom stereocenters. The van der Waals surface area contributed by atoms with Gasteiger partial charge in [-0.2, -0.15) is 0 Å². The normalized spacial score (nSPS) is 34.1. The molecule has 3 amide bonds. The summed E-state index contributed by atoms with van der Waals surface area (Å²) in [6, 6.07) is 7.10. The highest BCUT2D eigenvalue weighted by atomic mass is 16.6. The van der Waals surface area contributed by atoms with Crippen LogP contribution in [-0.4, -0.2) is 102 Å². The molecular formula is C31H39N3O8. The highest BCUT2D eigenvalue weighted by molar-refractivity contribution is 5.99. The number of nitrogens with zero attached hydrogens (tertiary/aromatic N) is 2. The number of cyclic esters (lactones) is 1. The van der Waals surface area contributed by atoms with Crippen LogP contribution in [0.3, 0.4) is 0 Å². The molecular weight excluding hydrogens is 542 g/mol. The molecule has 5 bridgehead atoms. The number of amides is 3. The zero-order chi connectivity index (χ0) is 30.0. The molecule has 1 aromatic carbocycles. The molecule has 2 fully saturated rings. The average molecular weight is 582 g/mol. The molecule has 42 heavy (non-hydrogen) atoms. The van der Waals surface area contributed by atoms with Gasteiger partial charge in [-0.05, 0) is 25.8 Å². The molecule has 4 aliphatic heterocycles. The fourth-order valence-corrected chi connectivity index (χ4v) is 6.69. The first kappa shape index (κ1) is 29.9. The highest BCUT2D eigenvalue weighted by Crippen LogP contribution is 2.55. The Morgan fingerprint density at radius 1 is 1.12 bits per heavy atom. The third-order valence-corrected chi connectivity index (χ3v) is 8.56. The zero-order valence-electron chi connectivity index (χ0n) is 24.2. The number of likely N-dealkylation sites (tertiary alicyclic amines) is 1. The topological polar surface area (TPSA) is 135 Å². The predicted octanol–water partition coefficient (Wildman–Crippen LogP) is 1.13. The van der Waals surface area contributed by atoms with Crippen LogP contribution in [0.25, 0.3) is 0 Å². The van der Waals surface area contributed by atoms with Crippen molar-refractivity contribution < 1.29 is 38.5 Å². The lowest BCUT2D eigenvalue weighted by molar-refractivity contribution is -0.162. The summed E-state index contributed by atoms with van der Waals surface area (Å²) in [4.78, 5) is 58.2. The number of allylic oxidation sites excluding steroid dienone is 1. The van der Waals surface area contributed by atoms with Gasteiger partial charge in [-0.15, -0.1) is 0 Å². The summed E-state index contributed by atoms with van der Waals surface area (Å²) in [6.45, 7) is 3.68. The van der Waals surface area contributed by atoms with Crippen molar-refractivity contribution in [3.05, 3.63) is 60.2 Å². The molecule has 7 atom stereocenters. The Morgan fingerprint density at radius 2 is 1.88 bits per heavy atom. The second-order valence-corrected chi connectivity index (χ2v) is 11.4. The molecule has 11 nitrogen and oxygen atoms in total.